The van der Waals surface area contributed by atoms with E-state index in [1.807, 2.05) is 30.3 Å². The maximum absolute atomic E-state index is 13.5. The lowest BCUT2D eigenvalue weighted by Gasteiger charge is -2.34. The molecule has 40 heavy (non-hydrogen) atoms. The number of primary amides is 1. The first-order chi connectivity index (χ1) is 18.7. The van der Waals surface area contributed by atoms with E-state index in [2.05, 4.69) is 16.8 Å². The first-order valence-electron chi connectivity index (χ1n) is 13.7. The summed E-state index contributed by atoms with van der Waals surface area (Å²) >= 11 is 0. The summed E-state index contributed by atoms with van der Waals surface area (Å²) in [6, 6.07) is 7.29. The number of amides is 3. The van der Waals surface area contributed by atoms with E-state index in [1.165, 1.54) is 0 Å². The largest absolute Gasteiger partial charge is 0.443 e. The number of nitrogens with zero attached hydrogens (tertiary/aromatic N) is 2. The van der Waals surface area contributed by atoms with Crippen LogP contribution in [0.4, 0.5) is 9.59 Å². The summed E-state index contributed by atoms with van der Waals surface area (Å²) in [7, 11) is 0. The lowest BCUT2D eigenvalue weighted by atomic mass is 9.89. The molecule has 1 aromatic rings. The van der Waals surface area contributed by atoms with Crippen molar-refractivity contribution in [3.8, 4) is 0 Å². The third-order valence-electron chi connectivity index (χ3n) is 6.32. The average molecular weight is 548 g/mol. The minimum absolute atomic E-state index is 0.256. The highest BCUT2D eigenvalue weighted by molar-refractivity contribution is 6.20. The molecule has 0 saturated carbocycles. The Bertz CT molecular complexity index is 1290. The molecular weight excluding hydrogens is 506 g/mol. The molecule has 1 aromatic carbocycles. The molecule has 0 saturated heterocycles. The highest BCUT2D eigenvalue weighted by Crippen LogP contribution is 2.35. The summed E-state index contributed by atoms with van der Waals surface area (Å²) in [6.45, 7) is 12.4. The van der Waals surface area contributed by atoms with Crippen molar-refractivity contribution in [1.82, 2.24) is 4.90 Å². The maximum atomic E-state index is 13.5. The zero-order valence-electron chi connectivity index (χ0n) is 24.7. The summed E-state index contributed by atoms with van der Waals surface area (Å²) < 4.78 is 11.4. The number of rotatable bonds is 3. The van der Waals surface area contributed by atoms with Crippen LogP contribution in [0.15, 0.2) is 70.1 Å². The summed E-state index contributed by atoms with van der Waals surface area (Å²) in [5, 5.41) is 0. The van der Waals surface area contributed by atoms with Crippen LogP contribution in [-0.4, -0.2) is 39.9 Å². The summed E-state index contributed by atoms with van der Waals surface area (Å²) in [6.07, 6.45) is 7.43. The Morgan fingerprint density at radius 3 is 2.23 bits per heavy atom. The summed E-state index contributed by atoms with van der Waals surface area (Å²) in [5.41, 5.74) is 11.3. The number of carbonyl (C=O) groups is 3. The fourth-order valence-corrected chi connectivity index (χ4v) is 4.69. The molecule has 8 nitrogen and oxygen atoms in total. The van der Waals surface area contributed by atoms with Crippen LogP contribution in [-0.2, 0) is 20.7 Å². The van der Waals surface area contributed by atoms with E-state index in [-0.39, 0.29) is 5.57 Å². The number of hydrogen-bond donors (Lipinski definition) is 1. The molecular formula is C32H41N3O5. The van der Waals surface area contributed by atoms with Crippen molar-refractivity contribution in [2.45, 2.75) is 97.8 Å². The van der Waals surface area contributed by atoms with E-state index in [0.717, 1.165) is 46.6 Å². The van der Waals surface area contributed by atoms with E-state index in [9.17, 15) is 14.4 Å². The van der Waals surface area contributed by atoms with Crippen molar-refractivity contribution >= 4 is 23.8 Å². The molecule has 2 N–H and O–H groups in total. The van der Waals surface area contributed by atoms with Gasteiger partial charge in [-0.3, -0.25) is 9.79 Å². The van der Waals surface area contributed by atoms with Crippen LogP contribution < -0.4 is 5.73 Å². The Morgan fingerprint density at radius 1 is 1.00 bits per heavy atom. The van der Waals surface area contributed by atoms with Crippen molar-refractivity contribution in [3.05, 3.63) is 76.2 Å². The highest BCUT2D eigenvalue weighted by atomic mass is 16.6. The van der Waals surface area contributed by atoms with Gasteiger partial charge in [0.1, 0.15) is 16.8 Å². The highest BCUT2D eigenvalue weighted by Gasteiger charge is 2.38. The van der Waals surface area contributed by atoms with Gasteiger partial charge in [-0.05, 0) is 109 Å². The Kier molecular flexibility index (Phi) is 9.59. The third kappa shape index (κ3) is 8.30. The van der Waals surface area contributed by atoms with Crippen LogP contribution in [0.5, 0.6) is 0 Å². The molecule has 1 unspecified atom stereocenters. The molecule has 3 amide bonds. The molecule has 1 atom stereocenters. The first kappa shape index (κ1) is 30.6. The molecule has 1 aliphatic carbocycles. The standard InChI is InChI=1S/C32H41N3O5/c1-21-24(28(33)36)18-12-19-26(34-21)23-15-10-14-22-13-8-9-17-25(22)27(20-11-16-23)35(29(37)39-31(2,3)4)30(38)40-32(5,6)7/h8-9,12-13,16-17,19,27H,10-11,14-15,20H2,1-7H3,(H2,33,36)/b23-16+. The fourth-order valence-electron chi connectivity index (χ4n) is 4.69. The SMILES string of the molecule is CC1=NC(/C2=C/CCC(N(C(=O)OC(C)(C)C)C(=O)OC(C)(C)C)c3ccccc3CCC2)=CC=C=C1C(N)=O. The van der Waals surface area contributed by atoms with Crippen LogP contribution in [0.2, 0.25) is 0 Å². The van der Waals surface area contributed by atoms with Gasteiger partial charge in [-0.15, -0.1) is 5.73 Å². The lowest BCUT2D eigenvalue weighted by molar-refractivity contribution is -0.114. The van der Waals surface area contributed by atoms with Crippen LogP contribution >= 0.6 is 0 Å². The van der Waals surface area contributed by atoms with Crippen molar-refractivity contribution in [1.29, 1.82) is 0 Å². The zero-order chi connectivity index (χ0) is 29.7. The van der Waals surface area contributed by atoms with Crippen molar-refractivity contribution < 1.29 is 23.9 Å². The number of hydrogen-bond acceptors (Lipinski definition) is 6. The van der Waals surface area contributed by atoms with Crippen molar-refractivity contribution in [2.75, 3.05) is 0 Å². The number of aliphatic imine (C=N–C) groups is 1. The van der Waals surface area contributed by atoms with Crippen LogP contribution in [0.1, 0.15) is 91.3 Å². The monoisotopic (exact) mass is 547 g/mol. The van der Waals surface area contributed by atoms with Gasteiger partial charge in [-0.2, -0.15) is 0 Å². The molecule has 0 radical (unpaired) electrons. The first-order valence-corrected chi connectivity index (χ1v) is 13.7. The number of ether oxygens (including phenoxy) is 2. The van der Waals surface area contributed by atoms with E-state index in [0.29, 0.717) is 18.6 Å². The number of nitrogens with two attached hydrogens (primary N) is 1. The van der Waals surface area contributed by atoms with Gasteiger partial charge in [0.25, 0.3) is 5.91 Å². The van der Waals surface area contributed by atoms with Gasteiger partial charge in [0.05, 0.1) is 17.5 Å². The Labute approximate surface area is 237 Å². The second-order valence-electron chi connectivity index (χ2n) is 12.0. The molecule has 0 spiro atoms. The predicted octanol–water partition coefficient (Wildman–Crippen LogP) is 6.87. The van der Waals surface area contributed by atoms with Gasteiger partial charge in [0, 0.05) is 0 Å². The molecule has 8 heteroatoms. The van der Waals surface area contributed by atoms with Gasteiger partial charge >= 0.3 is 12.2 Å². The Balaban J connectivity index is 2.04. The lowest BCUT2D eigenvalue weighted by Crippen LogP contribution is -2.45. The average Bonchev–Trinajstić information content (AvgIpc) is 3.02. The molecule has 0 aromatic heterocycles. The van der Waals surface area contributed by atoms with Gasteiger partial charge in [-0.1, -0.05) is 30.3 Å². The zero-order valence-corrected chi connectivity index (χ0v) is 24.7. The molecule has 0 bridgehead atoms. The Morgan fingerprint density at radius 2 is 1.62 bits per heavy atom. The predicted molar refractivity (Wildman–Crippen MR) is 156 cm³/mol. The third-order valence-corrected chi connectivity index (χ3v) is 6.32. The second-order valence-corrected chi connectivity index (χ2v) is 12.0. The van der Waals surface area contributed by atoms with Gasteiger partial charge in [0.2, 0.25) is 0 Å². The number of fused-ring (bicyclic) bond motifs is 1. The summed E-state index contributed by atoms with van der Waals surface area (Å²) in [5.74, 6) is -0.573. The number of benzene rings is 1. The smallest absolute Gasteiger partial charge is 0.420 e. The molecule has 2 aliphatic rings. The Hall–Kier alpha value is -3.90. The molecule has 3 rings (SSSR count). The molecule has 0 fully saturated rings. The van der Waals surface area contributed by atoms with Crippen LogP contribution in [0.3, 0.4) is 0 Å². The van der Waals surface area contributed by atoms with Crippen LogP contribution in [0, 0.1) is 0 Å². The minimum atomic E-state index is -0.799. The number of aryl methyl sites for hydroxylation is 1. The molecule has 1 heterocycles. The topological polar surface area (TPSA) is 111 Å². The van der Waals surface area contributed by atoms with Gasteiger partial charge in [0.15, 0.2) is 0 Å². The maximum Gasteiger partial charge on any atom is 0.420 e. The molecule has 1 aliphatic heterocycles. The second kappa shape index (κ2) is 12.5. The fraction of sp³-hybridized carbons (Fsp3) is 0.469. The van der Waals surface area contributed by atoms with Gasteiger partial charge in [-0.25, -0.2) is 14.5 Å². The van der Waals surface area contributed by atoms with Crippen LogP contribution in [0.25, 0.3) is 0 Å². The van der Waals surface area contributed by atoms with E-state index < -0.39 is 35.3 Å². The molecule has 214 valence electrons. The van der Waals surface area contributed by atoms with E-state index in [4.69, 9.17) is 15.2 Å². The summed E-state index contributed by atoms with van der Waals surface area (Å²) in [4.78, 5) is 44.7. The van der Waals surface area contributed by atoms with Crippen molar-refractivity contribution in [2.24, 2.45) is 10.7 Å². The quantitative estimate of drug-likeness (QED) is 0.415. The minimum Gasteiger partial charge on any atom is -0.443 e. The van der Waals surface area contributed by atoms with E-state index in [1.54, 1.807) is 54.5 Å². The van der Waals surface area contributed by atoms with Gasteiger partial charge < -0.3 is 15.2 Å². The number of imide groups is 1. The normalized spacial score (nSPS) is 19.4. The van der Waals surface area contributed by atoms with Crippen molar-refractivity contribution in [3.63, 3.8) is 0 Å². The number of carbonyl (C=O) groups excluding carboxylic acids is 3. The van der Waals surface area contributed by atoms with E-state index >= 15 is 0 Å². The number of allylic oxidation sites excluding steroid dienone is 3.